The predicted octanol–water partition coefficient (Wildman–Crippen LogP) is 0.0432. The summed E-state index contributed by atoms with van der Waals surface area (Å²) in [7, 11) is 0. The summed E-state index contributed by atoms with van der Waals surface area (Å²) in [6, 6.07) is 0. The first-order valence-corrected chi connectivity index (χ1v) is 4.98. The topological polar surface area (TPSA) is 88.2 Å². The highest BCUT2D eigenvalue weighted by Gasteiger charge is 2.17. The zero-order chi connectivity index (χ0) is 8.27. The Kier molecular flexibility index (Phi) is 3.07. The van der Waals surface area contributed by atoms with E-state index in [0.29, 0.717) is 10.4 Å². The smallest absolute Gasteiger partial charge is 0.154 e. The molecule has 0 aromatic heterocycles. The summed E-state index contributed by atoms with van der Waals surface area (Å²) in [6.45, 7) is 0.761. The fraction of sp³-hybridized carbons (Fsp3) is 0.600. The van der Waals surface area contributed by atoms with Crippen LogP contribution in [0.4, 0.5) is 0 Å². The molecule has 1 aliphatic heterocycles. The number of hydrogen-bond donors (Lipinski definition) is 3. The summed E-state index contributed by atoms with van der Waals surface area (Å²) >= 11 is 2.90. The van der Waals surface area contributed by atoms with E-state index in [-0.39, 0.29) is 5.17 Å². The Bertz CT molecular complexity index is 191. The van der Waals surface area contributed by atoms with Crippen molar-refractivity contribution in [3.8, 4) is 0 Å². The molecule has 6 heteroatoms. The molecule has 0 saturated carbocycles. The van der Waals surface area contributed by atoms with Crippen molar-refractivity contribution >= 4 is 33.9 Å². The van der Waals surface area contributed by atoms with E-state index in [1.54, 1.807) is 11.8 Å². The highest BCUT2D eigenvalue weighted by molar-refractivity contribution is 8.17. The lowest BCUT2D eigenvalue weighted by atomic mass is 10.5. The van der Waals surface area contributed by atoms with Crippen molar-refractivity contribution in [2.45, 2.75) is 5.25 Å². The monoisotopic (exact) mass is 190 g/mol. The molecule has 62 valence electrons. The minimum Gasteiger partial charge on any atom is -0.379 e. The van der Waals surface area contributed by atoms with Crippen LogP contribution in [0.15, 0.2) is 4.99 Å². The van der Waals surface area contributed by atoms with Crippen molar-refractivity contribution in [2.75, 3.05) is 12.3 Å². The van der Waals surface area contributed by atoms with E-state index >= 15 is 0 Å². The fourth-order valence-electron chi connectivity index (χ4n) is 0.707. The third-order valence-electron chi connectivity index (χ3n) is 1.16. The van der Waals surface area contributed by atoms with Crippen molar-refractivity contribution in [3.05, 3.63) is 0 Å². The second kappa shape index (κ2) is 3.87. The van der Waals surface area contributed by atoms with Crippen molar-refractivity contribution in [2.24, 2.45) is 16.5 Å². The molecule has 1 rings (SSSR count). The molecule has 0 fully saturated rings. The van der Waals surface area contributed by atoms with E-state index in [9.17, 15) is 0 Å². The van der Waals surface area contributed by atoms with Gasteiger partial charge in [0.2, 0.25) is 0 Å². The van der Waals surface area contributed by atoms with Crippen LogP contribution >= 0.6 is 23.5 Å². The summed E-state index contributed by atoms with van der Waals surface area (Å²) in [5.74, 6) is 0.824. The minimum absolute atomic E-state index is 0.163. The zero-order valence-electron chi connectivity index (χ0n) is 5.91. The maximum atomic E-state index is 6.97. The molecular weight excluding hydrogens is 180 g/mol. The number of nitrogens with zero attached hydrogens (tertiary/aromatic N) is 1. The van der Waals surface area contributed by atoms with Crippen LogP contribution in [0, 0.1) is 5.41 Å². The van der Waals surface area contributed by atoms with Gasteiger partial charge in [-0.3, -0.25) is 10.4 Å². The van der Waals surface area contributed by atoms with Gasteiger partial charge >= 0.3 is 0 Å². The van der Waals surface area contributed by atoms with Gasteiger partial charge < -0.3 is 11.5 Å². The molecule has 0 aromatic carbocycles. The van der Waals surface area contributed by atoms with Crippen LogP contribution in [-0.4, -0.2) is 27.9 Å². The summed E-state index contributed by atoms with van der Waals surface area (Å²) in [4.78, 5) is 4.03. The molecule has 1 aliphatic rings. The zero-order valence-corrected chi connectivity index (χ0v) is 7.54. The van der Waals surface area contributed by atoms with Crippen LogP contribution in [0.3, 0.4) is 0 Å². The van der Waals surface area contributed by atoms with Gasteiger partial charge in [0, 0.05) is 11.0 Å². The minimum atomic E-state index is 0.163. The second-order valence-corrected chi connectivity index (χ2v) is 4.48. The quantitative estimate of drug-likeness (QED) is 0.424. The Morgan fingerprint density at radius 1 is 1.91 bits per heavy atom. The van der Waals surface area contributed by atoms with Gasteiger partial charge in [-0.25, -0.2) is 0 Å². The van der Waals surface area contributed by atoms with E-state index in [0.717, 1.165) is 12.3 Å². The SMILES string of the molecule is N=C(N)SC[C@H]1CN=C(N)S1. The van der Waals surface area contributed by atoms with Gasteiger partial charge in [-0.2, -0.15) is 0 Å². The second-order valence-electron chi connectivity index (χ2n) is 2.09. The van der Waals surface area contributed by atoms with Crippen molar-refractivity contribution in [1.82, 2.24) is 0 Å². The number of aliphatic imine (C=N–C) groups is 1. The number of rotatable bonds is 2. The summed E-state index contributed by atoms with van der Waals surface area (Å²) in [6.07, 6.45) is 0. The molecule has 0 saturated heterocycles. The van der Waals surface area contributed by atoms with Gasteiger partial charge in [0.25, 0.3) is 0 Å². The molecule has 0 aromatic rings. The maximum Gasteiger partial charge on any atom is 0.154 e. The van der Waals surface area contributed by atoms with Crippen LogP contribution in [0.1, 0.15) is 0 Å². The summed E-state index contributed by atoms with van der Waals surface area (Å²) in [5.41, 5.74) is 10.6. The fourth-order valence-corrected chi connectivity index (χ4v) is 2.29. The molecule has 0 aliphatic carbocycles. The highest BCUT2D eigenvalue weighted by atomic mass is 32.2. The van der Waals surface area contributed by atoms with Crippen molar-refractivity contribution in [1.29, 1.82) is 5.41 Å². The molecule has 1 atom stereocenters. The van der Waals surface area contributed by atoms with Gasteiger partial charge in [0.15, 0.2) is 10.3 Å². The Labute approximate surface area is 73.7 Å². The molecule has 0 spiro atoms. The number of nitrogens with two attached hydrogens (primary N) is 2. The average Bonchev–Trinajstić information content (AvgIpc) is 2.31. The molecule has 5 N–H and O–H groups in total. The van der Waals surface area contributed by atoms with Gasteiger partial charge in [-0.15, -0.1) is 0 Å². The van der Waals surface area contributed by atoms with Gasteiger partial charge in [0.1, 0.15) is 0 Å². The summed E-state index contributed by atoms with van der Waals surface area (Å²) in [5, 5.41) is 8.19. The van der Waals surface area contributed by atoms with Crippen LogP contribution in [0.25, 0.3) is 0 Å². The van der Waals surface area contributed by atoms with Gasteiger partial charge in [-0.1, -0.05) is 23.5 Å². The third kappa shape index (κ3) is 3.02. The maximum absolute atomic E-state index is 6.97. The van der Waals surface area contributed by atoms with E-state index in [4.69, 9.17) is 16.9 Å². The van der Waals surface area contributed by atoms with E-state index in [1.165, 1.54) is 11.8 Å². The molecule has 0 bridgehead atoms. The van der Waals surface area contributed by atoms with Crippen molar-refractivity contribution < 1.29 is 0 Å². The average molecular weight is 190 g/mol. The molecule has 1 heterocycles. The Balaban J connectivity index is 2.16. The van der Waals surface area contributed by atoms with Crippen LogP contribution < -0.4 is 11.5 Å². The van der Waals surface area contributed by atoms with Gasteiger partial charge in [0.05, 0.1) is 6.54 Å². The lowest BCUT2D eigenvalue weighted by molar-refractivity contribution is 0.988. The number of thioether (sulfide) groups is 2. The molecule has 11 heavy (non-hydrogen) atoms. The first-order valence-electron chi connectivity index (χ1n) is 3.12. The van der Waals surface area contributed by atoms with E-state index < -0.39 is 0 Å². The van der Waals surface area contributed by atoms with Gasteiger partial charge in [-0.05, 0) is 0 Å². The molecule has 0 radical (unpaired) electrons. The first-order chi connectivity index (χ1) is 5.18. The number of nitrogens with one attached hydrogen (secondary N) is 1. The van der Waals surface area contributed by atoms with E-state index in [1.807, 2.05) is 0 Å². The van der Waals surface area contributed by atoms with Crippen LogP contribution in [-0.2, 0) is 0 Å². The molecule has 4 nitrogen and oxygen atoms in total. The highest BCUT2D eigenvalue weighted by Crippen LogP contribution is 2.21. The molecule has 0 amide bonds. The van der Waals surface area contributed by atoms with Crippen LogP contribution in [0.5, 0.6) is 0 Å². The van der Waals surface area contributed by atoms with E-state index in [2.05, 4.69) is 4.99 Å². The molecular formula is C5H10N4S2. The Morgan fingerprint density at radius 3 is 3.09 bits per heavy atom. The standard InChI is InChI=1S/C5H10N4S2/c6-4(7)10-2-3-1-9-5(8)11-3/h3H,1-2H2,(H3,6,7)(H2,8,9)/t3-/m1/s1. The lowest BCUT2D eigenvalue weighted by Crippen LogP contribution is -2.13. The Morgan fingerprint density at radius 2 is 2.64 bits per heavy atom. The van der Waals surface area contributed by atoms with Crippen LogP contribution in [0.2, 0.25) is 0 Å². The molecule has 0 unspecified atom stereocenters. The number of amidine groups is 2. The predicted molar refractivity (Wildman–Crippen MR) is 52.2 cm³/mol. The third-order valence-corrected chi connectivity index (χ3v) is 3.27. The Hall–Kier alpha value is -0.360. The summed E-state index contributed by atoms with van der Waals surface area (Å²) < 4.78 is 0. The normalized spacial score (nSPS) is 23.3. The van der Waals surface area contributed by atoms with Crippen molar-refractivity contribution in [3.63, 3.8) is 0 Å². The first kappa shape index (κ1) is 8.73. The lowest BCUT2D eigenvalue weighted by Gasteiger charge is -2.04. The largest absolute Gasteiger partial charge is 0.379 e. The number of hydrogen-bond acceptors (Lipinski definition) is 5.